The molecule has 6 heteroatoms. The predicted octanol–water partition coefficient (Wildman–Crippen LogP) is -1.70. The molecule has 1 N–H and O–H groups in total. The molecule has 1 aliphatic heterocycles. The Morgan fingerprint density at radius 2 is 2.00 bits per heavy atom. The molecule has 0 atom stereocenters. The zero-order valence-corrected chi connectivity index (χ0v) is 9.53. The van der Waals surface area contributed by atoms with Crippen LogP contribution in [0.5, 0.6) is 0 Å². The third-order valence-corrected chi connectivity index (χ3v) is 1.40. The van der Waals surface area contributed by atoms with Crippen LogP contribution >= 0.6 is 0 Å². The van der Waals surface area contributed by atoms with Gasteiger partial charge in [-0.15, -0.1) is 5.98 Å². The Bertz CT molecular complexity index is 148. The third-order valence-electron chi connectivity index (χ3n) is 1.40. The zero-order valence-electron chi connectivity index (χ0n) is 6.41. The third kappa shape index (κ3) is 5.43. The summed E-state index contributed by atoms with van der Waals surface area (Å²) in [6, 6.07) is 0. The monoisotopic (exact) mass is 189 g/mol. The minimum atomic E-state index is -4.72. The number of hydrogen-bond donors (Lipinski definition) is 1. The van der Waals surface area contributed by atoms with E-state index in [4.69, 9.17) is 0 Å². The maximum atomic E-state index is 11.7. The first-order chi connectivity index (χ1) is 4.58. The van der Waals surface area contributed by atoms with Gasteiger partial charge in [-0.2, -0.15) is 0 Å². The van der Waals surface area contributed by atoms with Gasteiger partial charge in [0.15, 0.2) is 0 Å². The van der Waals surface area contributed by atoms with E-state index < -0.39 is 6.98 Å². The minimum absolute atomic E-state index is 0. The molecule has 0 aromatic heterocycles. The second kappa shape index (κ2) is 5.04. The van der Waals surface area contributed by atoms with Gasteiger partial charge < -0.3 is 18.3 Å². The maximum absolute atomic E-state index is 11.7. The molecule has 0 radical (unpaired) electrons. The fourth-order valence-electron chi connectivity index (χ4n) is 0.996. The van der Waals surface area contributed by atoms with Gasteiger partial charge in [0.25, 0.3) is 0 Å². The van der Waals surface area contributed by atoms with E-state index >= 15 is 0 Å². The summed E-state index contributed by atoms with van der Waals surface area (Å²) in [7, 11) is 0. The van der Waals surface area contributed by atoms with E-state index in [1.165, 1.54) is 0 Å². The molecule has 0 bridgehead atoms. The Hall–Kier alpha value is 1.19. The van der Waals surface area contributed by atoms with Crippen molar-refractivity contribution in [1.82, 2.24) is 5.32 Å². The quantitative estimate of drug-likeness (QED) is 0.484. The molecule has 0 spiro atoms. The van der Waals surface area contributed by atoms with Gasteiger partial charge in [-0.3, -0.25) is 0 Å². The molecule has 1 aliphatic rings. The molecule has 58 valence electrons. The van der Waals surface area contributed by atoms with Crippen molar-refractivity contribution in [1.29, 1.82) is 0 Å². The summed E-state index contributed by atoms with van der Waals surface area (Å²) in [5.74, 6) is 0.444. The van der Waals surface area contributed by atoms with Crippen molar-refractivity contribution in [3.8, 4) is 0 Å². The maximum Gasteiger partial charge on any atom is 1.00 e. The topological polar surface area (TPSA) is 12.0 Å². The number of halogens is 3. The SMILES string of the molecule is F[B-](F)(F)/C=C1/CCNC1.[K+]. The van der Waals surface area contributed by atoms with E-state index in [2.05, 4.69) is 5.32 Å². The van der Waals surface area contributed by atoms with Crippen LogP contribution < -0.4 is 56.7 Å². The molecule has 0 saturated carbocycles. The molecule has 1 heterocycles. The summed E-state index contributed by atoms with van der Waals surface area (Å²) < 4.78 is 35.0. The standard InChI is InChI=1S/C5H8BF3N.K/c7-6(8,9)3-5-1-2-10-4-5;/h3,10H,1-2,4H2;/q-1;+1/b5-3-;. The predicted molar refractivity (Wildman–Crippen MR) is 34.6 cm³/mol. The van der Waals surface area contributed by atoms with E-state index in [9.17, 15) is 12.9 Å². The molecule has 0 amide bonds. The molecule has 1 rings (SSSR count). The molecule has 11 heavy (non-hydrogen) atoms. The van der Waals surface area contributed by atoms with Crippen LogP contribution in [-0.4, -0.2) is 20.1 Å². The largest absolute Gasteiger partial charge is 1.00 e. The summed E-state index contributed by atoms with van der Waals surface area (Å²) in [6.07, 6.45) is 0.543. The van der Waals surface area contributed by atoms with Gasteiger partial charge in [0.1, 0.15) is 0 Å². The van der Waals surface area contributed by atoms with E-state index in [0.29, 0.717) is 31.1 Å². The first kappa shape index (κ1) is 12.2. The van der Waals surface area contributed by atoms with Gasteiger partial charge in [-0.05, 0) is 13.0 Å². The fraction of sp³-hybridized carbons (Fsp3) is 0.600. The summed E-state index contributed by atoms with van der Waals surface area (Å²) >= 11 is 0. The summed E-state index contributed by atoms with van der Waals surface area (Å²) in [5, 5.41) is 2.84. The molecule has 1 saturated heterocycles. The number of rotatable bonds is 1. The van der Waals surface area contributed by atoms with Gasteiger partial charge in [-0.25, -0.2) is 0 Å². The van der Waals surface area contributed by atoms with Crippen molar-refractivity contribution in [3.63, 3.8) is 0 Å². The Labute approximate surface area is 106 Å². The molecule has 0 unspecified atom stereocenters. The average Bonchev–Trinajstić information content (AvgIpc) is 2.12. The second-order valence-corrected chi connectivity index (χ2v) is 2.38. The molecule has 0 aromatic rings. The Morgan fingerprint density at radius 1 is 1.36 bits per heavy atom. The van der Waals surface area contributed by atoms with Crippen molar-refractivity contribution >= 4 is 6.98 Å². The normalized spacial score (nSPS) is 21.9. The molecule has 1 fully saturated rings. The van der Waals surface area contributed by atoms with Gasteiger partial charge in [0.05, 0.1) is 0 Å². The average molecular weight is 189 g/mol. The van der Waals surface area contributed by atoms with Crippen LogP contribution in [0.2, 0.25) is 0 Å². The second-order valence-electron chi connectivity index (χ2n) is 2.38. The summed E-state index contributed by atoms with van der Waals surface area (Å²) in [5.41, 5.74) is 0.479. The smallest absolute Gasteiger partial charge is 0.445 e. The van der Waals surface area contributed by atoms with Crippen LogP contribution in [0.3, 0.4) is 0 Å². The summed E-state index contributed by atoms with van der Waals surface area (Å²) in [4.78, 5) is 0. The van der Waals surface area contributed by atoms with Crippen molar-refractivity contribution < 1.29 is 64.3 Å². The van der Waals surface area contributed by atoms with Crippen LogP contribution in [0.15, 0.2) is 11.5 Å². The van der Waals surface area contributed by atoms with E-state index in [1.807, 2.05) is 0 Å². The van der Waals surface area contributed by atoms with Crippen LogP contribution in [-0.2, 0) is 0 Å². The first-order valence-electron chi connectivity index (χ1n) is 3.19. The molecule has 0 aliphatic carbocycles. The molecular formula is C5H8BF3KN. The fourth-order valence-corrected chi connectivity index (χ4v) is 0.996. The van der Waals surface area contributed by atoms with Crippen LogP contribution in [0.4, 0.5) is 12.9 Å². The number of nitrogens with one attached hydrogen (secondary N) is 1. The Morgan fingerprint density at radius 3 is 2.36 bits per heavy atom. The van der Waals surface area contributed by atoms with Crippen LogP contribution in [0, 0.1) is 0 Å². The van der Waals surface area contributed by atoms with Crippen LogP contribution in [0.25, 0.3) is 0 Å². The molecular weight excluding hydrogens is 181 g/mol. The van der Waals surface area contributed by atoms with Crippen molar-refractivity contribution in [2.45, 2.75) is 6.42 Å². The van der Waals surface area contributed by atoms with E-state index in [0.717, 1.165) is 0 Å². The van der Waals surface area contributed by atoms with Gasteiger partial charge >= 0.3 is 58.4 Å². The first-order valence-corrected chi connectivity index (χ1v) is 3.19. The van der Waals surface area contributed by atoms with Gasteiger partial charge in [0, 0.05) is 6.54 Å². The molecule has 0 aromatic carbocycles. The van der Waals surface area contributed by atoms with Crippen molar-refractivity contribution in [2.75, 3.05) is 13.1 Å². The van der Waals surface area contributed by atoms with Crippen LogP contribution in [0.1, 0.15) is 6.42 Å². The van der Waals surface area contributed by atoms with Crippen molar-refractivity contribution in [2.24, 2.45) is 0 Å². The zero-order chi connectivity index (χ0) is 7.61. The van der Waals surface area contributed by atoms with E-state index in [1.54, 1.807) is 0 Å². The van der Waals surface area contributed by atoms with E-state index in [-0.39, 0.29) is 51.4 Å². The Kier molecular flexibility index (Phi) is 5.58. The minimum Gasteiger partial charge on any atom is -0.445 e. The summed E-state index contributed by atoms with van der Waals surface area (Å²) in [6.45, 7) is -3.63. The van der Waals surface area contributed by atoms with Gasteiger partial charge in [-0.1, -0.05) is 5.57 Å². The molecule has 1 nitrogen and oxygen atoms in total. The Balaban J connectivity index is 0.000001000. The van der Waals surface area contributed by atoms with Gasteiger partial charge in [0.2, 0.25) is 0 Å². The van der Waals surface area contributed by atoms with Crippen molar-refractivity contribution in [3.05, 3.63) is 11.5 Å². The number of hydrogen-bond acceptors (Lipinski definition) is 1.